The molecular formula is C12H13BrINO2. The molecule has 0 spiro atoms. The van der Waals surface area contributed by atoms with Crippen molar-refractivity contribution in [2.45, 2.75) is 13.0 Å². The number of ether oxygens (including phenoxy) is 1. The minimum Gasteiger partial charge on any atom is -0.375 e. The Kier molecular flexibility index (Phi) is 4.43. The van der Waals surface area contributed by atoms with E-state index in [0.717, 1.165) is 13.6 Å². The molecule has 92 valence electrons. The monoisotopic (exact) mass is 409 g/mol. The summed E-state index contributed by atoms with van der Waals surface area (Å²) in [7, 11) is 0. The average Bonchev–Trinajstić information content (AvgIpc) is 2.31. The molecule has 5 heteroatoms. The quantitative estimate of drug-likeness (QED) is 0.667. The van der Waals surface area contributed by atoms with Gasteiger partial charge in [0, 0.05) is 21.1 Å². The van der Waals surface area contributed by atoms with Gasteiger partial charge in [0.25, 0.3) is 5.91 Å². The molecule has 1 aliphatic rings. The van der Waals surface area contributed by atoms with Gasteiger partial charge in [0.05, 0.1) is 18.3 Å². The lowest BCUT2D eigenvalue weighted by atomic mass is 10.2. The summed E-state index contributed by atoms with van der Waals surface area (Å²) in [6.07, 6.45) is 0.120. The zero-order valence-corrected chi connectivity index (χ0v) is 13.2. The van der Waals surface area contributed by atoms with Gasteiger partial charge in [0.1, 0.15) is 0 Å². The van der Waals surface area contributed by atoms with Crippen LogP contribution in [0.1, 0.15) is 17.3 Å². The molecule has 0 radical (unpaired) electrons. The Morgan fingerprint density at radius 3 is 3.06 bits per heavy atom. The second kappa shape index (κ2) is 5.67. The molecule has 0 saturated carbocycles. The van der Waals surface area contributed by atoms with Gasteiger partial charge in [-0.3, -0.25) is 4.79 Å². The lowest BCUT2D eigenvalue weighted by Gasteiger charge is -2.31. The molecule has 0 unspecified atom stereocenters. The molecule has 1 fully saturated rings. The van der Waals surface area contributed by atoms with Crippen molar-refractivity contribution < 1.29 is 9.53 Å². The number of halogens is 2. The first-order chi connectivity index (χ1) is 8.08. The second-order valence-corrected chi connectivity index (χ2v) is 6.16. The highest BCUT2D eigenvalue weighted by Crippen LogP contribution is 2.22. The molecule has 1 heterocycles. The molecular weight excluding hydrogens is 397 g/mol. The Balaban J connectivity index is 2.21. The fourth-order valence-corrected chi connectivity index (χ4v) is 2.74. The van der Waals surface area contributed by atoms with Crippen molar-refractivity contribution in [1.82, 2.24) is 4.90 Å². The first-order valence-corrected chi connectivity index (χ1v) is 7.31. The summed E-state index contributed by atoms with van der Waals surface area (Å²) < 4.78 is 7.36. The predicted octanol–water partition coefficient (Wildman–Crippen LogP) is 2.91. The van der Waals surface area contributed by atoms with Gasteiger partial charge in [-0.2, -0.15) is 0 Å². The summed E-state index contributed by atoms with van der Waals surface area (Å²) in [5, 5.41) is 0. The van der Waals surface area contributed by atoms with Crippen molar-refractivity contribution in [3.63, 3.8) is 0 Å². The van der Waals surface area contributed by atoms with Gasteiger partial charge in [0.2, 0.25) is 0 Å². The zero-order valence-electron chi connectivity index (χ0n) is 9.45. The summed E-state index contributed by atoms with van der Waals surface area (Å²) >= 11 is 5.64. The van der Waals surface area contributed by atoms with Crippen molar-refractivity contribution in [2.75, 3.05) is 19.7 Å². The third-order valence-electron chi connectivity index (χ3n) is 2.69. The van der Waals surface area contributed by atoms with Crippen LogP contribution in [0.3, 0.4) is 0 Å². The molecule has 3 nitrogen and oxygen atoms in total. The number of nitrogens with zero attached hydrogens (tertiary/aromatic N) is 1. The van der Waals surface area contributed by atoms with E-state index in [4.69, 9.17) is 4.74 Å². The lowest BCUT2D eigenvalue weighted by Crippen LogP contribution is -2.44. The van der Waals surface area contributed by atoms with Gasteiger partial charge in [-0.05, 0) is 63.6 Å². The number of morpholine rings is 1. The van der Waals surface area contributed by atoms with Crippen LogP contribution in [0.5, 0.6) is 0 Å². The van der Waals surface area contributed by atoms with Crippen LogP contribution in [-0.4, -0.2) is 36.6 Å². The van der Waals surface area contributed by atoms with E-state index < -0.39 is 0 Å². The summed E-state index contributed by atoms with van der Waals surface area (Å²) in [4.78, 5) is 14.2. The SMILES string of the molecule is C[C@H]1CN(C(=O)c2cc(I)ccc2Br)CCO1. The van der Waals surface area contributed by atoms with Gasteiger partial charge in [-0.15, -0.1) is 0 Å². The third-order valence-corrected chi connectivity index (χ3v) is 4.05. The average molecular weight is 410 g/mol. The standard InChI is InChI=1S/C12H13BrINO2/c1-8-7-15(4-5-17-8)12(16)10-6-9(14)2-3-11(10)13/h2-3,6,8H,4-5,7H2,1H3/t8-/m0/s1. The van der Waals surface area contributed by atoms with E-state index in [1.165, 1.54) is 0 Å². The number of amides is 1. The van der Waals surface area contributed by atoms with Gasteiger partial charge in [-0.1, -0.05) is 0 Å². The molecule has 0 bridgehead atoms. The van der Waals surface area contributed by atoms with E-state index >= 15 is 0 Å². The van der Waals surface area contributed by atoms with Crippen molar-refractivity contribution in [3.8, 4) is 0 Å². The molecule has 2 rings (SSSR count). The molecule has 0 aromatic heterocycles. The minimum atomic E-state index is 0.0746. The maximum Gasteiger partial charge on any atom is 0.255 e. The largest absolute Gasteiger partial charge is 0.375 e. The van der Waals surface area contributed by atoms with Crippen LogP contribution in [0, 0.1) is 3.57 Å². The molecule has 0 aliphatic carbocycles. The van der Waals surface area contributed by atoms with Gasteiger partial charge in [0.15, 0.2) is 0 Å². The topological polar surface area (TPSA) is 29.5 Å². The fourth-order valence-electron chi connectivity index (χ4n) is 1.83. The van der Waals surface area contributed by atoms with E-state index in [0.29, 0.717) is 19.7 Å². The summed E-state index contributed by atoms with van der Waals surface area (Å²) in [5.41, 5.74) is 0.728. The van der Waals surface area contributed by atoms with E-state index in [1.54, 1.807) is 0 Å². The van der Waals surface area contributed by atoms with Crippen LogP contribution in [0.2, 0.25) is 0 Å². The van der Waals surface area contributed by atoms with Crippen molar-refractivity contribution in [1.29, 1.82) is 0 Å². The number of carbonyl (C=O) groups is 1. The maximum atomic E-state index is 12.4. The van der Waals surface area contributed by atoms with Crippen LogP contribution < -0.4 is 0 Å². The van der Waals surface area contributed by atoms with Gasteiger partial charge in [-0.25, -0.2) is 0 Å². The molecule has 17 heavy (non-hydrogen) atoms. The molecule has 1 saturated heterocycles. The van der Waals surface area contributed by atoms with Crippen LogP contribution in [0.15, 0.2) is 22.7 Å². The van der Waals surface area contributed by atoms with Gasteiger partial charge < -0.3 is 9.64 Å². The second-order valence-electron chi connectivity index (χ2n) is 4.06. The van der Waals surface area contributed by atoms with Crippen molar-refractivity contribution >= 4 is 44.4 Å². The molecule has 1 aromatic rings. The Morgan fingerprint density at radius 2 is 2.35 bits per heavy atom. The zero-order chi connectivity index (χ0) is 12.4. The summed E-state index contributed by atoms with van der Waals surface area (Å²) in [6, 6.07) is 5.80. The first kappa shape index (κ1) is 13.3. The Bertz CT molecular complexity index is 439. The lowest BCUT2D eigenvalue weighted by molar-refractivity contribution is -0.0124. The highest BCUT2D eigenvalue weighted by Gasteiger charge is 2.23. The number of rotatable bonds is 1. The Labute approximate surface area is 123 Å². The molecule has 1 amide bonds. The maximum absolute atomic E-state index is 12.4. The first-order valence-electron chi connectivity index (χ1n) is 5.44. The van der Waals surface area contributed by atoms with E-state index in [9.17, 15) is 4.79 Å². The number of benzene rings is 1. The highest BCUT2D eigenvalue weighted by molar-refractivity contribution is 14.1. The molecule has 1 aliphatic heterocycles. The van der Waals surface area contributed by atoms with E-state index in [2.05, 4.69) is 38.5 Å². The van der Waals surface area contributed by atoms with Crippen LogP contribution in [0.4, 0.5) is 0 Å². The molecule has 1 atom stereocenters. The number of hydrogen-bond acceptors (Lipinski definition) is 2. The fraction of sp³-hybridized carbons (Fsp3) is 0.417. The molecule has 0 N–H and O–H groups in total. The number of carbonyl (C=O) groups excluding carboxylic acids is 1. The highest BCUT2D eigenvalue weighted by atomic mass is 127. The van der Waals surface area contributed by atoms with Crippen LogP contribution >= 0.6 is 38.5 Å². The molecule has 1 aromatic carbocycles. The van der Waals surface area contributed by atoms with E-state index in [-0.39, 0.29) is 12.0 Å². The van der Waals surface area contributed by atoms with Gasteiger partial charge >= 0.3 is 0 Å². The van der Waals surface area contributed by atoms with Crippen LogP contribution in [0.25, 0.3) is 0 Å². The van der Waals surface area contributed by atoms with E-state index in [1.807, 2.05) is 30.0 Å². The summed E-state index contributed by atoms with van der Waals surface area (Å²) in [6.45, 7) is 3.94. The van der Waals surface area contributed by atoms with Crippen molar-refractivity contribution in [3.05, 3.63) is 31.8 Å². The van der Waals surface area contributed by atoms with Crippen molar-refractivity contribution in [2.24, 2.45) is 0 Å². The van der Waals surface area contributed by atoms with Crippen LogP contribution in [-0.2, 0) is 4.74 Å². The number of hydrogen-bond donors (Lipinski definition) is 0. The predicted molar refractivity (Wildman–Crippen MR) is 78.2 cm³/mol. The normalized spacial score (nSPS) is 20.4. The summed E-state index contributed by atoms with van der Waals surface area (Å²) in [5.74, 6) is 0.0746. The smallest absolute Gasteiger partial charge is 0.255 e. The Hall–Kier alpha value is -0.140. The third kappa shape index (κ3) is 3.20. The Morgan fingerprint density at radius 1 is 1.59 bits per heavy atom. The minimum absolute atomic E-state index is 0.0746.